The number of hydrogen-bond donors (Lipinski definition) is 0. The second-order valence-corrected chi connectivity index (χ2v) is 5.89. The van der Waals surface area contributed by atoms with E-state index in [4.69, 9.17) is 4.74 Å². The van der Waals surface area contributed by atoms with Crippen molar-refractivity contribution in [3.8, 4) is 0 Å². The highest BCUT2D eigenvalue weighted by molar-refractivity contribution is 5.87. The first-order valence-corrected chi connectivity index (χ1v) is 7.05. The number of anilines is 1. The van der Waals surface area contributed by atoms with E-state index in [0.717, 1.165) is 11.3 Å². The van der Waals surface area contributed by atoms with Gasteiger partial charge in [-0.1, -0.05) is 48.5 Å². The lowest BCUT2D eigenvalue weighted by atomic mass is 10.2. The van der Waals surface area contributed by atoms with E-state index in [0.29, 0.717) is 6.54 Å². The fourth-order valence-corrected chi connectivity index (χ4v) is 1.95. The summed E-state index contributed by atoms with van der Waals surface area (Å²) in [4.78, 5) is 14.1. The molecule has 0 bridgehead atoms. The number of rotatable bonds is 3. The van der Waals surface area contributed by atoms with Gasteiger partial charge < -0.3 is 4.74 Å². The third kappa shape index (κ3) is 4.63. The van der Waals surface area contributed by atoms with Crippen LogP contribution in [0.2, 0.25) is 0 Å². The van der Waals surface area contributed by atoms with Crippen molar-refractivity contribution in [2.75, 3.05) is 4.90 Å². The lowest BCUT2D eigenvalue weighted by molar-refractivity contribution is 0.0577. The highest BCUT2D eigenvalue weighted by Gasteiger charge is 2.23. The fourth-order valence-electron chi connectivity index (χ4n) is 1.95. The number of ether oxygens (including phenoxy) is 1. The van der Waals surface area contributed by atoms with Gasteiger partial charge in [0.25, 0.3) is 0 Å². The molecule has 0 unspecified atom stereocenters. The lowest BCUT2D eigenvalue weighted by Crippen LogP contribution is -2.36. The molecule has 0 radical (unpaired) electrons. The second-order valence-electron chi connectivity index (χ2n) is 5.89. The van der Waals surface area contributed by atoms with E-state index >= 15 is 0 Å². The number of carbonyl (C=O) groups excluding carboxylic acids is 1. The predicted octanol–water partition coefficient (Wildman–Crippen LogP) is 4.63. The summed E-state index contributed by atoms with van der Waals surface area (Å²) in [5.74, 6) is 0. The van der Waals surface area contributed by atoms with Crippen molar-refractivity contribution < 1.29 is 9.53 Å². The fraction of sp³-hybridized carbons (Fsp3) is 0.278. The van der Waals surface area contributed by atoms with Crippen LogP contribution >= 0.6 is 0 Å². The van der Waals surface area contributed by atoms with Crippen LogP contribution in [0.5, 0.6) is 0 Å². The van der Waals surface area contributed by atoms with Crippen LogP contribution in [0.4, 0.5) is 10.5 Å². The van der Waals surface area contributed by atoms with Gasteiger partial charge in [0.2, 0.25) is 0 Å². The molecule has 3 heteroatoms. The summed E-state index contributed by atoms with van der Waals surface area (Å²) < 4.78 is 5.51. The molecule has 0 N–H and O–H groups in total. The van der Waals surface area contributed by atoms with Crippen LogP contribution in [-0.4, -0.2) is 11.7 Å². The molecule has 0 aromatic heterocycles. The Kier molecular flexibility index (Phi) is 4.63. The maximum Gasteiger partial charge on any atom is 0.415 e. The first-order chi connectivity index (χ1) is 9.96. The molecule has 0 heterocycles. The standard InChI is InChI=1S/C18H21NO2/c1-18(2,3)21-17(20)19(16-12-8-5-9-13-16)14-15-10-6-4-7-11-15/h4-13H,14H2,1-3H3. The van der Waals surface area contributed by atoms with Gasteiger partial charge in [0.1, 0.15) is 5.60 Å². The minimum atomic E-state index is -0.513. The molecule has 0 saturated heterocycles. The van der Waals surface area contributed by atoms with Gasteiger partial charge in [-0.2, -0.15) is 0 Å². The first-order valence-electron chi connectivity index (χ1n) is 7.05. The normalized spacial score (nSPS) is 11.0. The molecule has 3 nitrogen and oxygen atoms in total. The van der Waals surface area contributed by atoms with Crippen molar-refractivity contribution in [3.63, 3.8) is 0 Å². The van der Waals surface area contributed by atoms with Crippen LogP contribution in [0.25, 0.3) is 0 Å². The van der Waals surface area contributed by atoms with Crippen LogP contribution in [0.1, 0.15) is 26.3 Å². The average molecular weight is 283 g/mol. The van der Waals surface area contributed by atoms with E-state index in [9.17, 15) is 4.79 Å². The number of hydrogen-bond acceptors (Lipinski definition) is 2. The number of nitrogens with zero attached hydrogens (tertiary/aromatic N) is 1. The molecule has 0 aliphatic carbocycles. The highest BCUT2D eigenvalue weighted by atomic mass is 16.6. The molecule has 0 spiro atoms. The van der Waals surface area contributed by atoms with Gasteiger partial charge in [0.15, 0.2) is 0 Å². The van der Waals surface area contributed by atoms with E-state index in [1.807, 2.05) is 81.4 Å². The molecule has 2 aromatic carbocycles. The van der Waals surface area contributed by atoms with Crippen LogP contribution < -0.4 is 4.90 Å². The SMILES string of the molecule is CC(C)(C)OC(=O)N(Cc1ccccc1)c1ccccc1. The molecule has 1 amide bonds. The van der Waals surface area contributed by atoms with Gasteiger partial charge in [0, 0.05) is 5.69 Å². The van der Waals surface area contributed by atoms with Gasteiger partial charge in [-0.3, -0.25) is 4.90 Å². The monoisotopic (exact) mass is 283 g/mol. The molecule has 0 atom stereocenters. The molecule has 0 fully saturated rings. The molecule has 0 saturated carbocycles. The summed E-state index contributed by atoms with van der Waals surface area (Å²) in [5, 5.41) is 0. The maximum absolute atomic E-state index is 12.5. The zero-order chi connectivity index (χ0) is 15.3. The van der Waals surface area contributed by atoms with Crippen molar-refractivity contribution in [1.82, 2.24) is 0 Å². The Bertz CT molecular complexity index is 573. The lowest BCUT2D eigenvalue weighted by Gasteiger charge is -2.27. The van der Waals surface area contributed by atoms with Crippen molar-refractivity contribution in [3.05, 3.63) is 66.2 Å². The Morgan fingerprint density at radius 1 is 0.952 bits per heavy atom. The summed E-state index contributed by atoms with van der Waals surface area (Å²) in [6.45, 7) is 6.10. The van der Waals surface area contributed by atoms with Gasteiger partial charge in [-0.15, -0.1) is 0 Å². The second kappa shape index (κ2) is 6.44. The largest absolute Gasteiger partial charge is 0.443 e. The van der Waals surface area contributed by atoms with Gasteiger partial charge in [-0.25, -0.2) is 4.79 Å². The van der Waals surface area contributed by atoms with Crippen LogP contribution in [0.3, 0.4) is 0 Å². The molecular weight excluding hydrogens is 262 g/mol. The summed E-state index contributed by atoms with van der Waals surface area (Å²) in [6, 6.07) is 19.5. The van der Waals surface area contributed by atoms with E-state index in [1.54, 1.807) is 4.90 Å². The Hall–Kier alpha value is -2.29. The first kappa shape index (κ1) is 15.1. The number of amides is 1. The third-order valence-corrected chi connectivity index (χ3v) is 2.87. The zero-order valence-corrected chi connectivity index (χ0v) is 12.7. The number of carbonyl (C=O) groups is 1. The zero-order valence-electron chi connectivity index (χ0n) is 12.7. The number of benzene rings is 2. The molecule has 0 aliphatic rings. The Balaban J connectivity index is 2.25. The smallest absolute Gasteiger partial charge is 0.415 e. The van der Waals surface area contributed by atoms with Crippen LogP contribution in [-0.2, 0) is 11.3 Å². The van der Waals surface area contributed by atoms with Gasteiger partial charge >= 0.3 is 6.09 Å². The van der Waals surface area contributed by atoms with E-state index in [-0.39, 0.29) is 6.09 Å². The van der Waals surface area contributed by atoms with Gasteiger partial charge in [0.05, 0.1) is 6.54 Å². The summed E-state index contributed by atoms with van der Waals surface area (Å²) in [5.41, 5.74) is 1.38. The maximum atomic E-state index is 12.5. The molecule has 110 valence electrons. The molecule has 0 aliphatic heterocycles. The molecule has 21 heavy (non-hydrogen) atoms. The highest BCUT2D eigenvalue weighted by Crippen LogP contribution is 2.20. The van der Waals surface area contributed by atoms with Crippen molar-refractivity contribution in [2.24, 2.45) is 0 Å². The van der Waals surface area contributed by atoms with Crippen LogP contribution in [0.15, 0.2) is 60.7 Å². The van der Waals surface area contributed by atoms with E-state index < -0.39 is 5.60 Å². The van der Waals surface area contributed by atoms with Crippen LogP contribution in [0, 0.1) is 0 Å². The summed E-state index contributed by atoms with van der Waals surface area (Å²) in [7, 11) is 0. The van der Waals surface area contributed by atoms with Gasteiger partial charge in [-0.05, 0) is 38.5 Å². The quantitative estimate of drug-likeness (QED) is 0.822. The molecule has 2 rings (SSSR count). The molecular formula is C18H21NO2. The topological polar surface area (TPSA) is 29.5 Å². The van der Waals surface area contributed by atoms with Crippen molar-refractivity contribution in [1.29, 1.82) is 0 Å². The summed E-state index contributed by atoms with van der Waals surface area (Å²) >= 11 is 0. The number of para-hydroxylation sites is 1. The Morgan fingerprint density at radius 2 is 1.48 bits per heavy atom. The third-order valence-electron chi connectivity index (χ3n) is 2.87. The van der Waals surface area contributed by atoms with E-state index in [2.05, 4.69) is 0 Å². The average Bonchev–Trinajstić information content (AvgIpc) is 2.45. The minimum absolute atomic E-state index is 0.336. The van der Waals surface area contributed by atoms with Crippen molar-refractivity contribution >= 4 is 11.8 Å². The predicted molar refractivity (Wildman–Crippen MR) is 85.3 cm³/mol. The Labute approximate surface area is 126 Å². The Morgan fingerprint density at radius 3 is 2.00 bits per heavy atom. The van der Waals surface area contributed by atoms with E-state index in [1.165, 1.54) is 0 Å². The minimum Gasteiger partial charge on any atom is -0.443 e. The van der Waals surface area contributed by atoms with Crippen molar-refractivity contribution in [2.45, 2.75) is 32.9 Å². The summed E-state index contributed by atoms with van der Waals surface area (Å²) in [6.07, 6.45) is -0.336. The molecule has 2 aromatic rings.